The number of nitrogens with one attached hydrogen (secondary N) is 2. The van der Waals surface area contributed by atoms with E-state index in [1.54, 1.807) is 49.8 Å². The first-order valence-electron chi connectivity index (χ1n) is 12.5. The van der Waals surface area contributed by atoms with E-state index in [0.29, 0.717) is 5.56 Å². The Bertz CT molecular complexity index is 1540. The summed E-state index contributed by atoms with van der Waals surface area (Å²) in [7, 11) is -3.28. The van der Waals surface area contributed by atoms with Crippen LogP contribution in [0.4, 0.5) is 13.2 Å². The summed E-state index contributed by atoms with van der Waals surface area (Å²) >= 11 is 0. The minimum atomic E-state index is -4.72. The van der Waals surface area contributed by atoms with Crippen molar-refractivity contribution in [3.8, 4) is 16.9 Å². The Labute approximate surface area is 245 Å². The molecule has 0 saturated carbocycles. The third-order valence-corrected chi connectivity index (χ3v) is 7.06. The number of hydrogen-bond acceptors (Lipinski definition) is 11. The summed E-state index contributed by atoms with van der Waals surface area (Å²) < 4.78 is 73.5. The van der Waals surface area contributed by atoms with Crippen molar-refractivity contribution in [3.63, 3.8) is 0 Å². The number of nitrogens with zero attached hydrogens (tertiary/aromatic N) is 4. The summed E-state index contributed by atoms with van der Waals surface area (Å²) in [6.45, 7) is 5.34. The average Bonchev–Trinajstić information content (AvgIpc) is 3.36. The molecule has 17 heteroatoms. The summed E-state index contributed by atoms with van der Waals surface area (Å²) in [5, 5.41) is 16.4. The van der Waals surface area contributed by atoms with Gasteiger partial charge in [-0.05, 0) is 58.0 Å². The van der Waals surface area contributed by atoms with Crippen LogP contribution in [0.1, 0.15) is 32.0 Å². The fourth-order valence-electron chi connectivity index (χ4n) is 3.38. The molecule has 0 bridgehead atoms. The Morgan fingerprint density at radius 2 is 1.65 bits per heavy atom. The second kappa shape index (κ2) is 13.2. The first kappa shape index (κ1) is 33.6. The number of sulfonamides is 1. The molecule has 0 atom stereocenters. The van der Waals surface area contributed by atoms with Crippen molar-refractivity contribution in [3.05, 3.63) is 71.1 Å². The number of hydrazine groups is 2. The number of hydrogen-bond donors (Lipinski definition) is 2. The molecule has 1 aromatic heterocycles. The maximum Gasteiger partial charge on any atom is 0.435 e. The number of rotatable bonds is 11. The lowest BCUT2D eigenvalue weighted by Crippen LogP contribution is -2.49. The minimum Gasteiger partial charge on any atom is -0.756 e. The Balaban J connectivity index is 1.66. The highest BCUT2D eigenvalue weighted by Gasteiger charge is 2.35. The largest absolute Gasteiger partial charge is 0.756 e. The van der Waals surface area contributed by atoms with Crippen molar-refractivity contribution in [2.24, 2.45) is 5.41 Å². The van der Waals surface area contributed by atoms with E-state index in [9.17, 15) is 36.4 Å². The Hall–Kier alpha value is -3.87. The molecule has 3 rings (SSSR count). The molecule has 0 aliphatic carbocycles. The second-order valence-corrected chi connectivity index (χ2v) is 12.0. The van der Waals surface area contributed by atoms with E-state index < -0.39 is 52.5 Å². The van der Waals surface area contributed by atoms with Gasteiger partial charge < -0.3 is 9.94 Å². The molecule has 0 unspecified atom stereocenters. The molecule has 0 fully saturated rings. The van der Waals surface area contributed by atoms with Crippen molar-refractivity contribution in [2.75, 3.05) is 20.4 Å². The first-order valence-corrected chi connectivity index (χ1v) is 14.0. The normalized spacial score (nSPS) is 12.5. The predicted octanol–water partition coefficient (Wildman–Crippen LogP) is 3.30. The van der Waals surface area contributed by atoms with Crippen LogP contribution in [0, 0.1) is 17.5 Å². The van der Waals surface area contributed by atoms with Gasteiger partial charge in [0.15, 0.2) is 5.69 Å². The summed E-state index contributed by atoms with van der Waals surface area (Å²) in [5.74, 6) is -1.67. The Morgan fingerprint density at radius 1 is 1.05 bits per heavy atom. The third-order valence-electron chi connectivity index (χ3n) is 5.67. The van der Waals surface area contributed by atoms with E-state index in [-0.39, 0.29) is 21.6 Å². The van der Waals surface area contributed by atoms with Crippen molar-refractivity contribution in [1.82, 2.24) is 30.4 Å². The number of amides is 1. The van der Waals surface area contributed by atoms with Crippen molar-refractivity contribution in [2.45, 2.75) is 38.8 Å². The van der Waals surface area contributed by atoms with E-state index in [4.69, 9.17) is 9.57 Å². The Kier molecular flexibility index (Phi) is 10.3. The molecule has 0 aliphatic rings. The molecule has 0 spiro atoms. The molecule has 3 aromatic rings. The zero-order chi connectivity index (χ0) is 32.2. The smallest absolute Gasteiger partial charge is 0.435 e. The van der Waals surface area contributed by atoms with Crippen LogP contribution in [0.15, 0.2) is 59.5 Å². The standard InChI is InChI=1S/C26H30F3N6O7S/c1-17-6-8-18(9-7-17)21-14-22(26(27,28)29)30-34(21)19-10-12-20(13-11-19)43(39,40)31-23(36)15-33(5)35(38)32-42-16-41-24(37)25(2,3)4/h6-14,32H,15-16H2,1-5H3,(H,31,36)/q-1. The second-order valence-electron chi connectivity index (χ2n) is 10.3. The number of carbonyl (C=O) groups is 2. The fourth-order valence-corrected chi connectivity index (χ4v) is 4.35. The molecule has 0 aliphatic heterocycles. The molecule has 2 N–H and O–H groups in total. The van der Waals surface area contributed by atoms with E-state index in [0.717, 1.165) is 40.5 Å². The van der Waals surface area contributed by atoms with Gasteiger partial charge in [-0.25, -0.2) is 32.9 Å². The number of carbonyl (C=O) groups excluding carboxylic acids is 2. The Morgan fingerprint density at radius 3 is 2.21 bits per heavy atom. The van der Waals surface area contributed by atoms with E-state index in [1.165, 1.54) is 12.1 Å². The van der Waals surface area contributed by atoms with Gasteiger partial charge in [0.2, 0.25) is 12.7 Å². The maximum atomic E-state index is 13.5. The summed E-state index contributed by atoms with van der Waals surface area (Å²) in [6, 6.07) is 12.3. The molecule has 0 radical (unpaired) electrons. The summed E-state index contributed by atoms with van der Waals surface area (Å²) in [5.41, 5.74) is 1.57. The lowest BCUT2D eigenvalue weighted by atomic mass is 9.98. The number of ether oxygens (including phenoxy) is 1. The minimum absolute atomic E-state index is 0.0309. The van der Waals surface area contributed by atoms with Crippen LogP contribution in [-0.4, -0.2) is 60.8 Å². The van der Waals surface area contributed by atoms with Crippen molar-refractivity contribution >= 4 is 21.9 Å². The molecule has 43 heavy (non-hydrogen) atoms. The van der Waals surface area contributed by atoms with E-state index >= 15 is 0 Å². The number of halogens is 3. The number of aryl methyl sites for hydroxylation is 1. The van der Waals surface area contributed by atoms with E-state index in [1.807, 2.05) is 12.5 Å². The zero-order valence-electron chi connectivity index (χ0n) is 23.8. The van der Waals surface area contributed by atoms with Crippen LogP contribution >= 0.6 is 0 Å². The third kappa shape index (κ3) is 9.06. The molecule has 2 aromatic carbocycles. The van der Waals surface area contributed by atoms with Gasteiger partial charge in [0, 0.05) is 12.6 Å². The van der Waals surface area contributed by atoms with Crippen molar-refractivity contribution < 1.29 is 40.8 Å². The molecular formula is C26H30F3N6O7S-. The van der Waals surface area contributed by atoms with Crippen LogP contribution in [0.25, 0.3) is 16.9 Å². The zero-order valence-corrected chi connectivity index (χ0v) is 24.6. The van der Waals surface area contributed by atoms with Gasteiger partial charge in [-0.2, -0.15) is 18.3 Å². The quantitative estimate of drug-likeness (QED) is 0.139. The van der Waals surface area contributed by atoms with Crippen LogP contribution < -0.4 is 10.3 Å². The van der Waals surface area contributed by atoms with Gasteiger partial charge in [-0.15, -0.1) is 5.59 Å². The molecule has 1 heterocycles. The van der Waals surface area contributed by atoms with Crippen LogP contribution in [0.2, 0.25) is 0 Å². The molecular weight excluding hydrogens is 597 g/mol. The van der Waals surface area contributed by atoms with Crippen LogP contribution in [0.3, 0.4) is 0 Å². The number of esters is 1. The highest BCUT2D eigenvalue weighted by Crippen LogP contribution is 2.33. The van der Waals surface area contributed by atoms with Crippen LogP contribution in [-0.2, 0) is 35.4 Å². The van der Waals surface area contributed by atoms with Gasteiger partial charge in [-0.1, -0.05) is 29.8 Å². The summed E-state index contributed by atoms with van der Waals surface area (Å²) in [4.78, 5) is 28.3. The highest BCUT2D eigenvalue weighted by molar-refractivity contribution is 7.90. The van der Waals surface area contributed by atoms with Gasteiger partial charge in [0.1, 0.15) is 0 Å². The van der Waals surface area contributed by atoms with Gasteiger partial charge in [0.25, 0.3) is 10.0 Å². The highest BCUT2D eigenvalue weighted by atomic mass is 32.2. The fraction of sp³-hybridized carbons (Fsp3) is 0.346. The maximum absolute atomic E-state index is 13.5. The first-order chi connectivity index (χ1) is 19.9. The van der Waals surface area contributed by atoms with Gasteiger partial charge in [0.05, 0.1) is 28.2 Å². The monoisotopic (exact) mass is 627 g/mol. The summed E-state index contributed by atoms with van der Waals surface area (Å²) in [6.07, 6.45) is -4.72. The lowest BCUT2D eigenvalue weighted by Gasteiger charge is -2.35. The molecule has 1 amide bonds. The molecule has 0 saturated heterocycles. The molecule has 13 nitrogen and oxygen atoms in total. The average molecular weight is 628 g/mol. The number of benzene rings is 2. The number of likely N-dealkylation sites (N-methyl/N-ethyl adjacent to an activating group) is 1. The van der Waals surface area contributed by atoms with Gasteiger partial charge >= 0.3 is 12.1 Å². The predicted molar refractivity (Wildman–Crippen MR) is 147 cm³/mol. The van der Waals surface area contributed by atoms with Crippen LogP contribution in [0.5, 0.6) is 0 Å². The lowest BCUT2D eigenvalue weighted by molar-refractivity contribution is -0.206. The molecule has 234 valence electrons. The van der Waals surface area contributed by atoms with Gasteiger partial charge in [-0.3, -0.25) is 9.59 Å². The number of alkyl halides is 3. The SMILES string of the molecule is Cc1ccc(-c2cc(C(F)(F)F)nn2-c2ccc(S(=O)(=O)NC(=O)CN(C)N([O-])NOCOC(=O)C(C)(C)C)cc2)cc1. The number of aromatic nitrogens is 2. The van der Waals surface area contributed by atoms with Crippen molar-refractivity contribution in [1.29, 1.82) is 0 Å². The van der Waals surface area contributed by atoms with E-state index in [2.05, 4.69) is 5.10 Å². The topological polar surface area (TPSA) is 158 Å².